The van der Waals surface area contributed by atoms with E-state index in [2.05, 4.69) is 27.7 Å². The number of rotatable bonds is 7. The summed E-state index contributed by atoms with van der Waals surface area (Å²) in [5, 5.41) is 44.9. The van der Waals surface area contributed by atoms with Gasteiger partial charge in [-0.1, -0.05) is 53.9 Å². The third-order valence-corrected chi connectivity index (χ3v) is 11.7. The van der Waals surface area contributed by atoms with Crippen LogP contribution in [0, 0.1) is 46.3 Å². The summed E-state index contributed by atoms with van der Waals surface area (Å²) in [5.41, 5.74) is -2.44. The Balaban J connectivity index is 1.70. The van der Waals surface area contributed by atoms with Crippen LogP contribution in [0.15, 0.2) is 0 Å². The molecule has 5 N–H and O–H groups in total. The topological polar surface area (TPSA) is 145 Å². The molecule has 0 saturated heterocycles. The lowest BCUT2D eigenvalue weighted by Crippen LogP contribution is -2.69. The summed E-state index contributed by atoms with van der Waals surface area (Å²) in [6.45, 7) is 10.6. The van der Waals surface area contributed by atoms with Gasteiger partial charge in [0.25, 0.3) is 0 Å². The van der Waals surface area contributed by atoms with Crippen molar-refractivity contribution in [1.82, 2.24) is 0 Å². The van der Waals surface area contributed by atoms with Crippen molar-refractivity contribution in [3.63, 3.8) is 0 Å². The second kappa shape index (κ2) is 9.72. The summed E-state index contributed by atoms with van der Waals surface area (Å²) >= 11 is 0. The molecule has 36 heavy (non-hydrogen) atoms. The van der Waals surface area contributed by atoms with Crippen LogP contribution in [0.2, 0.25) is 0 Å². The summed E-state index contributed by atoms with van der Waals surface area (Å²) in [4.78, 5) is 0. The van der Waals surface area contributed by atoms with Crippen LogP contribution in [-0.4, -0.2) is 63.4 Å². The Bertz CT molecular complexity index is 909. The Kier molecular flexibility index (Phi) is 7.75. The van der Waals surface area contributed by atoms with Gasteiger partial charge in [0, 0.05) is 11.8 Å². The van der Waals surface area contributed by atoms with E-state index in [0.717, 1.165) is 32.1 Å². The van der Waals surface area contributed by atoms with E-state index in [0.29, 0.717) is 18.8 Å². The molecule has 8 nitrogen and oxygen atoms in total. The van der Waals surface area contributed by atoms with E-state index < -0.39 is 51.2 Å². The van der Waals surface area contributed by atoms with Gasteiger partial charge in [0.2, 0.25) is 0 Å². The molecule has 0 bridgehead atoms. The lowest BCUT2D eigenvalue weighted by molar-refractivity contribution is -0.268. The lowest BCUT2D eigenvalue weighted by atomic mass is 9.42. The van der Waals surface area contributed by atoms with Crippen LogP contribution in [0.1, 0.15) is 92.4 Å². The second-order valence-corrected chi connectivity index (χ2v) is 14.7. The van der Waals surface area contributed by atoms with Crippen LogP contribution in [-0.2, 0) is 14.6 Å². The van der Waals surface area contributed by atoms with Crippen molar-refractivity contribution in [2.24, 2.45) is 46.3 Å². The summed E-state index contributed by atoms with van der Waals surface area (Å²) in [6.07, 6.45) is 2.16. The van der Waals surface area contributed by atoms with Crippen LogP contribution in [0.25, 0.3) is 0 Å². The summed E-state index contributed by atoms with van der Waals surface area (Å²) in [7, 11) is -4.77. The fourth-order valence-electron chi connectivity index (χ4n) is 9.62. The van der Waals surface area contributed by atoms with Gasteiger partial charge in [0.05, 0.1) is 23.9 Å². The number of aliphatic hydroxyl groups excluding tert-OH is 3. The fraction of sp³-hybridized carbons (Fsp3) is 1.00. The molecule has 4 saturated carbocycles. The monoisotopic (exact) mass is 532 g/mol. The van der Waals surface area contributed by atoms with Gasteiger partial charge in [-0.3, -0.25) is 4.55 Å². The van der Waals surface area contributed by atoms with Gasteiger partial charge in [-0.2, -0.15) is 8.42 Å². The molecule has 0 aliphatic heterocycles. The average molecular weight is 533 g/mol. The van der Waals surface area contributed by atoms with Gasteiger partial charge >= 0.3 is 10.4 Å². The van der Waals surface area contributed by atoms with Crippen LogP contribution in [0.5, 0.6) is 0 Å². The maximum atomic E-state index is 11.9. The Labute approximate surface area is 216 Å². The van der Waals surface area contributed by atoms with E-state index >= 15 is 0 Å². The lowest BCUT2D eigenvalue weighted by Gasteiger charge is -2.65. The van der Waals surface area contributed by atoms with Gasteiger partial charge in [0.15, 0.2) is 0 Å². The molecule has 4 fully saturated rings. The summed E-state index contributed by atoms with van der Waals surface area (Å²) < 4.78 is 38.6. The average Bonchev–Trinajstić information content (AvgIpc) is 2.95. The van der Waals surface area contributed by atoms with Crippen molar-refractivity contribution in [2.45, 2.75) is 122 Å². The van der Waals surface area contributed by atoms with Crippen LogP contribution >= 0.6 is 0 Å². The predicted molar refractivity (Wildman–Crippen MR) is 135 cm³/mol. The zero-order chi connectivity index (χ0) is 26.8. The van der Waals surface area contributed by atoms with Gasteiger partial charge in [-0.25, -0.2) is 4.18 Å². The molecule has 9 heteroatoms. The first-order chi connectivity index (χ1) is 16.5. The highest BCUT2D eigenvalue weighted by Crippen LogP contribution is 2.69. The highest BCUT2D eigenvalue weighted by atomic mass is 32.3. The minimum absolute atomic E-state index is 0.0208. The molecule has 12 atom stereocenters. The molecule has 0 spiro atoms. The van der Waals surface area contributed by atoms with Crippen LogP contribution in [0.4, 0.5) is 0 Å². The quantitative estimate of drug-likeness (QED) is 0.314. The molecule has 0 aromatic heterocycles. The minimum Gasteiger partial charge on any atom is -0.393 e. The molecule has 0 aromatic carbocycles. The predicted octanol–water partition coefficient (Wildman–Crippen LogP) is 3.32. The van der Waals surface area contributed by atoms with Gasteiger partial charge in [0.1, 0.15) is 6.10 Å². The van der Waals surface area contributed by atoms with E-state index in [9.17, 15) is 33.4 Å². The van der Waals surface area contributed by atoms with E-state index in [1.54, 1.807) is 0 Å². The highest BCUT2D eigenvalue weighted by molar-refractivity contribution is 7.80. The maximum Gasteiger partial charge on any atom is 0.397 e. The van der Waals surface area contributed by atoms with Crippen LogP contribution in [0.3, 0.4) is 0 Å². The summed E-state index contributed by atoms with van der Waals surface area (Å²) in [6, 6.07) is 0. The minimum atomic E-state index is -4.77. The smallest absolute Gasteiger partial charge is 0.393 e. The van der Waals surface area contributed by atoms with Crippen LogP contribution < -0.4 is 0 Å². The van der Waals surface area contributed by atoms with E-state index in [1.807, 2.05) is 6.92 Å². The zero-order valence-corrected chi connectivity index (χ0v) is 23.3. The largest absolute Gasteiger partial charge is 0.397 e. The van der Waals surface area contributed by atoms with Crippen molar-refractivity contribution < 1.29 is 37.6 Å². The van der Waals surface area contributed by atoms with Crippen molar-refractivity contribution in [3.8, 4) is 0 Å². The van der Waals surface area contributed by atoms with E-state index in [4.69, 9.17) is 4.18 Å². The molecule has 0 unspecified atom stereocenters. The molecule has 0 aromatic rings. The van der Waals surface area contributed by atoms with Crippen molar-refractivity contribution in [3.05, 3.63) is 0 Å². The number of aliphatic hydroxyl groups is 4. The molecule has 0 radical (unpaired) electrons. The van der Waals surface area contributed by atoms with Crippen molar-refractivity contribution >= 4 is 10.4 Å². The van der Waals surface area contributed by atoms with Gasteiger partial charge in [-0.15, -0.1) is 0 Å². The standard InChI is InChI=1S/C27H48O8S/c1-15(2)7-6-8-16(3)21-24(35-36(32,33)34)23(30)22-18-13-20(29)27(31)14-17(28)9-12-26(27,5)19(18)10-11-25(21,22)4/h15-24,28-31H,6-14H2,1-5H3,(H,32,33,34)/t16-,17+,18-,19+,20-,21+,22-,23-,24-,25-,26-,27+/m1/s1. The van der Waals surface area contributed by atoms with Gasteiger partial charge in [-0.05, 0) is 73.0 Å². The third-order valence-electron chi connectivity index (χ3n) is 11.2. The molecule has 210 valence electrons. The first-order valence-electron chi connectivity index (χ1n) is 14.0. The molecule has 4 aliphatic rings. The molecular formula is C27H48O8S. The van der Waals surface area contributed by atoms with Crippen molar-refractivity contribution in [2.75, 3.05) is 0 Å². The Morgan fingerprint density at radius 1 is 1.03 bits per heavy atom. The fourth-order valence-corrected chi connectivity index (χ4v) is 10.1. The summed E-state index contributed by atoms with van der Waals surface area (Å²) in [5.74, 6) is -0.0770. The Morgan fingerprint density at radius 2 is 1.69 bits per heavy atom. The number of hydrogen-bond donors (Lipinski definition) is 5. The third kappa shape index (κ3) is 4.58. The van der Waals surface area contributed by atoms with Gasteiger partial charge < -0.3 is 20.4 Å². The Morgan fingerprint density at radius 3 is 2.31 bits per heavy atom. The zero-order valence-electron chi connectivity index (χ0n) is 22.5. The first kappa shape index (κ1) is 28.7. The van der Waals surface area contributed by atoms with Crippen molar-refractivity contribution in [1.29, 1.82) is 0 Å². The number of fused-ring (bicyclic) bond motifs is 5. The van der Waals surface area contributed by atoms with E-state index in [1.165, 1.54) is 0 Å². The first-order valence-corrected chi connectivity index (χ1v) is 15.3. The second-order valence-electron chi connectivity index (χ2n) is 13.6. The van der Waals surface area contributed by atoms with E-state index in [-0.39, 0.29) is 42.4 Å². The highest BCUT2D eigenvalue weighted by Gasteiger charge is 2.71. The Hall–Kier alpha value is -0.290. The molecule has 4 rings (SSSR count). The normalized spacial score (nSPS) is 49.9. The molecule has 4 aliphatic carbocycles. The molecule has 0 amide bonds. The number of hydrogen-bond acceptors (Lipinski definition) is 7. The molecular weight excluding hydrogens is 484 g/mol. The molecule has 0 heterocycles. The maximum absolute atomic E-state index is 11.9. The SMILES string of the molecule is CC(C)CCC[C@@H](C)[C@H]1[C@@H](OS(=O)(=O)O)[C@H](O)[C@H]2[C@@H]3C[C@@H](O)[C@@]4(O)C[C@@H](O)CC[C@]4(C)[C@H]3CC[C@]12C.